The van der Waals surface area contributed by atoms with Crippen LogP contribution in [0, 0.1) is 11.8 Å². The van der Waals surface area contributed by atoms with Crippen molar-refractivity contribution in [1.82, 2.24) is 24.9 Å². The molecule has 0 aliphatic carbocycles. The Balaban J connectivity index is 1.27. The number of esters is 1. The van der Waals surface area contributed by atoms with Gasteiger partial charge in [0.2, 0.25) is 0 Å². The van der Waals surface area contributed by atoms with E-state index in [1.807, 2.05) is 41.2 Å². The van der Waals surface area contributed by atoms with Crippen molar-refractivity contribution in [2.24, 2.45) is 11.8 Å². The Morgan fingerprint density at radius 1 is 1.08 bits per heavy atom. The summed E-state index contributed by atoms with van der Waals surface area (Å²) >= 11 is 0. The summed E-state index contributed by atoms with van der Waals surface area (Å²) in [6.07, 6.45) is 5.61. The van der Waals surface area contributed by atoms with Gasteiger partial charge in [0.05, 0.1) is 36.5 Å². The van der Waals surface area contributed by atoms with Crippen LogP contribution >= 0.6 is 0 Å². The van der Waals surface area contributed by atoms with Gasteiger partial charge in [-0.1, -0.05) is 37.3 Å². The third kappa shape index (κ3) is 6.97. The van der Waals surface area contributed by atoms with E-state index in [0.29, 0.717) is 18.2 Å². The van der Waals surface area contributed by atoms with Crippen molar-refractivity contribution in [1.29, 1.82) is 0 Å². The Morgan fingerprint density at radius 3 is 2.58 bits per heavy atom. The van der Waals surface area contributed by atoms with Crippen molar-refractivity contribution in [2.75, 3.05) is 13.1 Å². The summed E-state index contributed by atoms with van der Waals surface area (Å²) in [5.74, 6) is -1.53. The minimum Gasteiger partial charge on any atom is -0.481 e. The molecule has 1 fully saturated rings. The van der Waals surface area contributed by atoms with E-state index >= 15 is 0 Å². The van der Waals surface area contributed by atoms with Gasteiger partial charge in [0.15, 0.2) is 0 Å². The van der Waals surface area contributed by atoms with Gasteiger partial charge in [0.1, 0.15) is 5.75 Å². The molecule has 1 aliphatic rings. The molecule has 3 aromatic rings. The molecule has 0 amide bonds. The van der Waals surface area contributed by atoms with Crippen molar-refractivity contribution in [3.05, 3.63) is 71.8 Å². The van der Waals surface area contributed by atoms with Crippen molar-refractivity contribution in [3.8, 4) is 5.75 Å². The minimum atomic E-state index is -0.974. The summed E-state index contributed by atoms with van der Waals surface area (Å²) in [5, 5.41) is 17.9. The Labute approximate surface area is 211 Å². The number of piperidine rings is 1. The molecule has 4 rings (SSSR count). The van der Waals surface area contributed by atoms with Crippen LogP contribution in [0.2, 0.25) is 0 Å². The third-order valence-corrected chi connectivity index (χ3v) is 6.68. The van der Waals surface area contributed by atoms with Crippen LogP contribution in [0.5, 0.6) is 5.75 Å². The number of carboxylic acid groups (broad SMARTS) is 1. The number of hydrogen-bond donors (Lipinski definition) is 1. The fourth-order valence-electron chi connectivity index (χ4n) is 4.59. The maximum absolute atomic E-state index is 12.3. The van der Waals surface area contributed by atoms with Crippen LogP contribution in [0.25, 0.3) is 0 Å². The number of benzene rings is 1. The predicted molar refractivity (Wildman–Crippen MR) is 133 cm³/mol. The normalized spacial score (nSPS) is 15.6. The lowest BCUT2D eigenvalue weighted by Gasteiger charge is -2.31. The van der Waals surface area contributed by atoms with E-state index < -0.39 is 17.9 Å². The number of pyridine rings is 1. The number of aromatic nitrogens is 4. The van der Waals surface area contributed by atoms with Gasteiger partial charge in [0, 0.05) is 12.7 Å². The molecule has 36 heavy (non-hydrogen) atoms. The fraction of sp³-hybridized carbons (Fsp3) is 0.444. The van der Waals surface area contributed by atoms with Gasteiger partial charge < -0.3 is 9.84 Å². The molecule has 1 saturated heterocycles. The Bertz CT molecular complexity index is 1160. The van der Waals surface area contributed by atoms with E-state index in [9.17, 15) is 14.7 Å². The predicted octanol–water partition coefficient (Wildman–Crippen LogP) is 3.75. The molecule has 2 aromatic heterocycles. The van der Waals surface area contributed by atoms with Crippen LogP contribution < -0.4 is 4.74 Å². The SMILES string of the molecule is CC(C)[C@H](CC(=O)Oc1cccc(C2CCN(Cc3cn(Cc4ccccn4)nn3)CC2)c1)C(=O)O. The quantitative estimate of drug-likeness (QED) is 0.337. The first-order valence-electron chi connectivity index (χ1n) is 12.4. The first-order valence-corrected chi connectivity index (χ1v) is 12.4. The highest BCUT2D eigenvalue weighted by Gasteiger charge is 2.26. The molecule has 9 nitrogen and oxygen atoms in total. The zero-order valence-corrected chi connectivity index (χ0v) is 20.8. The van der Waals surface area contributed by atoms with E-state index in [-0.39, 0.29) is 12.3 Å². The van der Waals surface area contributed by atoms with Crippen molar-refractivity contribution < 1.29 is 19.4 Å². The van der Waals surface area contributed by atoms with Gasteiger partial charge in [-0.2, -0.15) is 0 Å². The molecule has 1 aliphatic heterocycles. The highest BCUT2D eigenvalue weighted by Crippen LogP contribution is 2.31. The van der Waals surface area contributed by atoms with E-state index in [1.165, 1.54) is 0 Å². The van der Waals surface area contributed by atoms with Crippen molar-refractivity contribution in [3.63, 3.8) is 0 Å². The molecular formula is C27H33N5O4. The van der Waals surface area contributed by atoms with Crippen LogP contribution in [-0.4, -0.2) is 55.0 Å². The minimum absolute atomic E-state index is 0.137. The molecule has 0 bridgehead atoms. The largest absolute Gasteiger partial charge is 0.481 e. The summed E-state index contributed by atoms with van der Waals surface area (Å²) in [7, 11) is 0. The highest BCUT2D eigenvalue weighted by atomic mass is 16.5. The number of aliphatic carboxylic acids is 1. The zero-order chi connectivity index (χ0) is 25.5. The lowest BCUT2D eigenvalue weighted by molar-refractivity contribution is -0.148. The number of ether oxygens (including phenoxy) is 1. The van der Waals surface area contributed by atoms with Gasteiger partial charge >= 0.3 is 11.9 Å². The molecule has 0 saturated carbocycles. The molecule has 0 radical (unpaired) electrons. The van der Waals surface area contributed by atoms with Crippen LogP contribution in [-0.2, 0) is 22.7 Å². The average Bonchev–Trinajstić information content (AvgIpc) is 3.30. The molecular weight excluding hydrogens is 458 g/mol. The number of nitrogens with zero attached hydrogens (tertiary/aromatic N) is 5. The first kappa shape index (κ1) is 25.5. The van der Waals surface area contributed by atoms with Crippen LogP contribution in [0.3, 0.4) is 0 Å². The topological polar surface area (TPSA) is 110 Å². The number of carbonyl (C=O) groups is 2. The lowest BCUT2D eigenvalue weighted by Crippen LogP contribution is -2.32. The average molecular weight is 492 g/mol. The van der Waals surface area contributed by atoms with Crippen molar-refractivity contribution >= 4 is 11.9 Å². The Kier molecular flexibility index (Phi) is 8.43. The number of hydrogen-bond acceptors (Lipinski definition) is 7. The summed E-state index contributed by atoms with van der Waals surface area (Å²) < 4.78 is 7.30. The molecule has 9 heteroatoms. The molecule has 1 atom stereocenters. The van der Waals surface area contributed by atoms with Gasteiger partial charge in [-0.05, 0) is 67.6 Å². The van der Waals surface area contributed by atoms with Crippen molar-refractivity contribution in [2.45, 2.75) is 52.1 Å². The van der Waals surface area contributed by atoms with E-state index in [2.05, 4.69) is 26.3 Å². The second-order valence-corrected chi connectivity index (χ2v) is 9.72. The fourth-order valence-corrected chi connectivity index (χ4v) is 4.59. The molecule has 1 aromatic carbocycles. The van der Waals surface area contributed by atoms with Gasteiger partial charge in [-0.15, -0.1) is 5.10 Å². The van der Waals surface area contributed by atoms with Gasteiger partial charge in [0.25, 0.3) is 0 Å². The highest BCUT2D eigenvalue weighted by molar-refractivity contribution is 5.80. The third-order valence-electron chi connectivity index (χ3n) is 6.68. The Hall–Kier alpha value is -3.59. The standard InChI is InChI=1S/C27H33N5O4/c1-19(2)25(27(34)35)15-26(33)36-24-8-5-6-21(14-24)20-9-12-31(13-10-20)16-23-18-32(30-29-23)17-22-7-3-4-11-28-22/h3-8,11,14,18-20,25H,9-10,12-13,15-17H2,1-2H3,(H,34,35)/t25-/m0/s1. The molecule has 190 valence electrons. The van der Waals surface area contributed by atoms with E-state index in [0.717, 1.165) is 49.4 Å². The number of rotatable bonds is 10. The summed E-state index contributed by atoms with van der Waals surface area (Å²) in [5.41, 5.74) is 3.03. The van der Waals surface area contributed by atoms with E-state index in [1.54, 1.807) is 26.1 Å². The zero-order valence-electron chi connectivity index (χ0n) is 20.8. The van der Waals surface area contributed by atoms with Crippen LogP contribution in [0.4, 0.5) is 0 Å². The molecule has 1 N–H and O–H groups in total. The van der Waals surface area contributed by atoms with Crippen LogP contribution in [0.1, 0.15) is 56.0 Å². The second-order valence-electron chi connectivity index (χ2n) is 9.72. The van der Waals surface area contributed by atoms with Gasteiger partial charge in [-0.3, -0.25) is 19.5 Å². The number of likely N-dealkylation sites (tertiary alicyclic amines) is 1. The lowest BCUT2D eigenvalue weighted by atomic mass is 9.89. The Morgan fingerprint density at radius 2 is 1.89 bits per heavy atom. The maximum Gasteiger partial charge on any atom is 0.312 e. The summed E-state index contributed by atoms with van der Waals surface area (Å²) in [6, 6.07) is 13.4. The smallest absolute Gasteiger partial charge is 0.312 e. The molecule has 0 unspecified atom stereocenters. The molecule has 3 heterocycles. The summed E-state index contributed by atoms with van der Waals surface area (Å²) in [4.78, 5) is 30.4. The molecule has 0 spiro atoms. The monoisotopic (exact) mass is 491 g/mol. The maximum atomic E-state index is 12.3. The number of carboxylic acids is 1. The first-order chi connectivity index (χ1) is 17.4. The summed E-state index contributed by atoms with van der Waals surface area (Å²) in [6.45, 7) is 6.83. The second kappa shape index (κ2) is 11.9. The number of carbonyl (C=O) groups excluding carboxylic acids is 1. The van der Waals surface area contributed by atoms with Gasteiger partial charge in [-0.25, -0.2) is 4.68 Å². The van der Waals surface area contributed by atoms with Crippen LogP contribution in [0.15, 0.2) is 54.9 Å². The van der Waals surface area contributed by atoms with E-state index in [4.69, 9.17) is 4.74 Å².